The van der Waals surface area contributed by atoms with Gasteiger partial charge in [0.15, 0.2) is 5.76 Å². The third-order valence-electron chi connectivity index (χ3n) is 2.96. The molecule has 0 radical (unpaired) electrons. The van der Waals surface area contributed by atoms with E-state index < -0.39 is 18.0 Å². The van der Waals surface area contributed by atoms with E-state index in [4.69, 9.17) is 9.68 Å². The van der Waals surface area contributed by atoms with Crippen LogP contribution in [0.3, 0.4) is 0 Å². The maximum absolute atomic E-state index is 11.9. The zero-order chi connectivity index (χ0) is 13.4. The summed E-state index contributed by atoms with van der Waals surface area (Å²) < 4.78 is 5.18. The quantitative estimate of drug-likeness (QED) is 0.782. The Morgan fingerprint density at radius 3 is 2.95 bits per heavy atom. The van der Waals surface area contributed by atoms with Gasteiger partial charge in [0, 0.05) is 10.8 Å². The van der Waals surface area contributed by atoms with Crippen molar-refractivity contribution in [2.75, 3.05) is 6.54 Å². The topological polar surface area (TPSA) is 86.1 Å². The summed E-state index contributed by atoms with van der Waals surface area (Å²) in [5, 5.41) is 12.3. The molecule has 3 rings (SSSR count). The van der Waals surface area contributed by atoms with Crippen LogP contribution in [-0.2, 0) is 0 Å². The van der Waals surface area contributed by atoms with E-state index in [0.29, 0.717) is 11.9 Å². The van der Waals surface area contributed by atoms with E-state index in [9.17, 15) is 9.59 Å². The first-order valence-corrected chi connectivity index (χ1v) is 5.68. The Morgan fingerprint density at radius 1 is 1.42 bits per heavy atom. The molecule has 1 aliphatic heterocycles. The highest BCUT2D eigenvalue weighted by Gasteiger charge is 2.39. The van der Waals surface area contributed by atoms with Crippen LogP contribution in [0.25, 0.3) is 10.8 Å². The lowest BCUT2D eigenvalue weighted by molar-refractivity contribution is 0.0935. The van der Waals surface area contributed by atoms with Gasteiger partial charge in [0.1, 0.15) is 6.04 Å². The Morgan fingerprint density at radius 2 is 2.21 bits per heavy atom. The van der Waals surface area contributed by atoms with Crippen molar-refractivity contribution in [2.24, 2.45) is 0 Å². The van der Waals surface area contributed by atoms with Gasteiger partial charge in [-0.3, -0.25) is 10.1 Å². The van der Waals surface area contributed by atoms with Crippen LogP contribution in [0.1, 0.15) is 10.6 Å². The number of benzene rings is 1. The molecule has 2 aromatic rings. The molecule has 94 valence electrons. The monoisotopic (exact) mass is 255 g/mol. The molecule has 1 unspecified atom stereocenters. The molecule has 1 aliphatic rings. The number of nitriles is 1. The Hall–Kier alpha value is -2.81. The molecule has 1 atom stereocenters. The minimum atomic E-state index is -0.602. The first-order chi connectivity index (χ1) is 9.20. The maximum atomic E-state index is 11.9. The van der Waals surface area contributed by atoms with Crippen molar-refractivity contribution in [1.82, 2.24) is 10.2 Å². The Balaban J connectivity index is 1.78. The molecule has 0 spiro atoms. The van der Waals surface area contributed by atoms with Crippen LogP contribution in [0, 0.1) is 11.3 Å². The average Bonchev–Trinajstić information content (AvgIpc) is 3.09. The number of nitrogens with zero attached hydrogens (tertiary/aromatic N) is 2. The number of fused-ring (bicyclic) bond motifs is 1. The Labute approximate surface area is 108 Å². The van der Waals surface area contributed by atoms with Crippen molar-refractivity contribution >= 4 is 22.7 Å². The van der Waals surface area contributed by atoms with E-state index in [2.05, 4.69) is 5.32 Å². The van der Waals surface area contributed by atoms with Gasteiger partial charge in [-0.25, -0.2) is 4.79 Å². The minimum Gasteiger partial charge on any atom is -0.458 e. The van der Waals surface area contributed by atoms with Gasteiger partial charge in [-0.2, -0.15) is 5.26 Å². The molecule has 6 heteroatoms. The molecule has 1 aromatic heterocycles. The van der Waals surface area contributed by atoms with Gasteiger partial charge >= 0.3 is 6.03 Å². The number of rotatable bonds is 1. The van der Waals surface area contributed by atoms with Crippen LogP contribution in [-0.4, -0.2) is 29.4 Å². The highest BCUT2D eigenvalue weighted by Crippen LogP contribution is 2.21. The number of furan rings is 1. The van der Waals surface area contributed by atoms with Gasteiger partial charge in [-0.15, -0.1) is 0 Å². The van der Waals surface area contributed by atoms with Crippen molar-refractivity contribution in [3.05, 3.63) is 36.3 Å². The van der Waals surface area contributed by atoms with E-state index in [1.165, 1.54) is 11.2 Å². The third-order valence-corrected chi connectivity index (χ3v) is 2.96. The summed E-state index contributed by atoms with van der Waals surface area (Å²) in [6, 6.07) is 8.11. The summed E-state index contributed by atoms with van der Waals surface area (Å²) in [5.74, 6) is -0.505. The predicted molar refractivity (Wildman–Crippen MR) is 65.2 cm³/mol. The van der Waals surface area contributed by atoms with E-state index in [1.54, 1.807) is 12.1 Å². The number of imide groups is 1. The normalized spacial score (nSPS) is 17.0. The average molecular weight is 255 g/mol. The minimum absolute atomic E-state index is 0.0966. The predicted octanol–water partition coefficient (Wildman–Crippen LogP) is 1.49. The van der Waals surface area contributed by atoms with Crippen molar-refractivity contribution < 1.29 is 14.0 Å². The molecule has 2 heterocycles. The first kappa shape index (κ1) is 11.3. The number of carbonyl (C=O) groups is 2. The molecular weight excluding hydrogens is 246 g/mol. The van der Waals surface area contributed by atoms with Crippen molar-refractivity contribution in [3.8, 4) is 6.07 Å². The van der Waals surface area contributed by atoms with Crippen molar-refractivity contribution in [2.45, 2.75) is 6.04 Å². The first-order valence-electron chi connectivity index (χ1n) is 5.68. The summed E-state index contributed by atoms with van der Waals surface area (Å²) in [6.45, 7) is 0.356. The van der Waals surface area contributed by atoms with Gasteiger partial charge in [0.05, 0.1) is 18.9 Å². The van der Waals surface area contributed by atoms with Crippen LogP contribution < -0.4 is 5.32 Å². The molecular formula is C13H9N3O3. The van der Waals surface area contributed by atoms with E-state index in [1.807, 2.05) is 18.2 Å². The standard InChI is InChI=1S/C13H9N3O3/c14-5-9-6-16(9)13(18)15-12(17)11-10-4-2-1-3-8(10)7-19-11/h1-4,7,9H,6H2,(H,15,17,18). The van der Waals surface area contributed by atoms with Crippen molar-refractivity contribution in [1.29, 1.82) is 5.26 Å². The summed E-state index contributed by atoms with van der Waals surface area (Å²) >= 11 is 0. The molecule has 1 N–H and O–H groups in total. The van der Waals surface area contributed by atoms with Gasteiger partial charge in [0.25, 0.3) is 5.91 Å². The van der Waals surface area contributed by atoms with Gasteiger partial charge in [0.2, 0.25) is 0 Å². The second-order valence-electron chi connectivity index (χ2n) is 4.21. The second-order valence-corrected chi connectivity index (χ2v) is 4.21. The molecule has 1 saturated heterocycles. The third kappa shape index (κ3) is 1.91. The number of amides is 3. The Bertz CT molecular complexity index is 713. The fraction of sp³-hybridized carbons (Fsp3) is 0.154. The van der Waals surface area contributed by atoms with Crippen LogP contribution in [0.15, 0.2) is 34.9 Å². The fourth-order valence-electron chi connectivity index (χ4n) is 1.87. The highest BCUT2D eigenvalue weighted by molar-refractivity contribution is 6.10. The zero-order valence-corrected chi connectivity index (χ0v) is 9.79. The van der Waals surface area contributed by atoms with Gasteiger partial charge < -0.3 is 9.32 Å². The molecule has 1 aromatic carbocycles. The number of carbonyl (C=O) groups excluding carboxylic acids is 2. The number of urea groups is 1. The molecule has 0 aliphatic carbocycles. The number of hydrogen-bond donors (Lipinski definition) is 1. The van der Waals surface area contributed by atoms with Gasteiger partial charge in [-0.05, 0) is 0 Å². The lowest BCUT2D eigenvalue weighted by atomic mass is 10.2. The lowest BCUT2D eigenvalue weighted by Gasteiger charge is -2.02. The summed E-state index contributed by atoms with van der Waals surface area (Å²) in [4.78, 5) is 24.8. The molecule has 0 saturated carbocycles. The Kier molecular flexibility index (Phi) is 2.46. The summed E-state index contributed by atoms with van der Waals surface area (Å²) in [7, 11) is 0. The van der Waals surface area contributed by atoms with E-state index >= 15 is 0 Å². The van der Waals surface area contributed by atoms with E-state index in [0.717, 1.165) is 5.39 Å². The van der Waals surface area contributed by atoms with E-state index in [-0.39, 0.29) is 5.76 Å². The van der Waals surface area contributed by atoms with Crippen LogP contribution in [0.5, 0.6) is 0 Å². The molecule has 19 heavy (non-hydrogen) atoms. The van der Waals surface area contributed by atoms with Crippen molar-refractivity contribution in [3.63, 3.8) is 0 Å². The fourth-order valence-corrected chi connectivity index (χ4v) is 1.87. The number of nitrogens with one attached hydrogen (secondary N) is 1. The van der Waals surface area contributed by atoms with Crippen LogP contribution >= 0.6 is 0 Å². The molecule has 1 fully saturated rings. The lowest BCUT2D eigenvalue weighted by Crippen LogP contribution is -2.34. The smallest absolute Gasteiger partial charge is 0.325 e. The summed E-state index contributed by atoms with van der Waals surface area (Å²) in [6.07, 6.45) is 1.46. The SMILES string of the molecule is N#CC1CN1C(=O)NC(=O)c1occ2ccccc12. The maximum Gasteiger partial charge on any atom is 0.325 e. The largest absolute Gasteiger partial charge is 0.458 e. The van der Waals surface area contributed by atoms with Gasteiger partial charge in [-0.1, -0.05) is 24.3 Å². The second kappa shape index (κ2) is 4.14. The summed E-state index contributed by atoms with van der Waals surface area (Å²) in [5.41, 5.74) is 0. The zero-order valence-electron chi connectivity index (χ0n) is 9.79. The highest BCUT2D eigenvalue weighted by atomic mass is 16.3. The van der Waals surface area contributed by atoms with Crippen LogP contribution in [0.2, 0.25) is 0 Å². The molecule has 3 amide bonds. The number of hydrogen-bond acceptors (Lipinski definition) is 4. The molecule has 0 bridgehead atoms. The molecule has 6 nitrogen and oxygen atoms in total. The van der Waals surface area contributed by atoms with Crippen LogP contribution in [0.4, 0.5) is 4.79 Å².